The first-order valence-electron chi connectivity index (χ1n) is 9.03. The normalized spacial score (nSPS) is 16.1. The highest BCUT2D eigenvalue weighted by Gasteiger charge is 2.36. The molecule has 1 aliphatic rings. The number of halogens is 2. The van der Waals surface area contributed by atoms with Gasteiger partial charge in [-0.15, -0.1) is 0 Å². The van der Waals surface area contributed by atoms with E-state index >= 15 is 0 Å². The molecule has 31 heavy (non-hydrogen) atoms. The monoisotopic (exact) mass is 466 g/mol. The predicted molar refractivity (Wildman–Crippen MR) is 118 cm³/mol. The van der Waals surface area contributed by atoms with Crippen molar-refractivity contribution in [3.05, 3.63) is 58.0 Å². The molecule has 0 bridgehead atoms. The molecule has 10 heteroatoms. The summed E-state index contributed by atoms with van der Waals surface area (Å²) in [6.45, 7) is 1.69. The highest BCUT2D eigenvalue weighted by Crippen LogP contribution is 2.42. The third-order valence-corrected chi connectivity index (χ3v) is 5.48. The largest absolute Gasteiger partial charge is 0.502 e. The molecule has 2 N–H and O–H groups in total. The maximum absolute atomic E-state index is 13.6. The van der Waals surface area contributed by atoms with Crippen LogP contribution in [0.15, 0.2) is 41.6 Å². The van der Waals surface area contributed by atoms with Gasteiger partial charge in [-0.05, 0) is 55.0 Å². The van der Waals surface area contributed by atoms with Gasteiger partial charge in [-0.3, -0.25) is 4.90 Å². The molecule has 0 saturated heterocycles. The zero-order valence-corrected chi connectivity index (χ0v) is 18.7. The minimum atomic E-state index is -0.726. The molecule has 0 amide bonds. The van der Waals surface area contributed by atoms with Gasteiger partial charge in [0.15, 0.2) is 16.6 Å². The van der Waals surface area contributed by atoms with Gasteiger partial charge in [-0.2, -0.15) is 0 Å². The number of phenols is 1. The summed E-state index contributed by atoms with van der Waals surface area (Å²) in [5.74, 6) is -1.01. The summed E-state index contributed by atoms with van der Waals surface area (Å²) in [5, 5.41) is 13.5. The van der Waals surface area contributed by atoms with Crippen LogP contribution in [0, 0.1) is 5.82 Å². The number of hydrogen-bond acceptors (Lipinski definition) is 6. The molecular weight excluding hydrogens is 447 g/mol. The third-order valence-electron chi connectivity index (χ3n) is 4.89. The number of esters is 1. The molecule has 0 aromatic heterocycles. The molecule has 2 aromatic carbocycles. The Morgan fingerprint density at radius 2 is 1.81 bits per heavy atom. The Kier molecular flexibility index (Phi) is 6.56. The number of nitrogens with zero attached hydrogens (tertiary/aromatic N) is 1. The number of benzene rings is 2. The van der Waals surface area contributed by atoms with E-state index in [4.69, 9.17) is 38.0 Å². The van der Waals surface area contributed by atoms with E-state index in [1.165, 1.54) is 39.5 Å². The van der Waals surface area contributed by atoms with E-state index in [2.05, 4.69) is 5.32 Å². The number of rotatable bonds is 5. The van der Waals surface area contributed by atoms with E-state index in [1.807, 2.05) is 0 Å². The quantitative estimate of drug-likeness (QED) is 0.504. The number of ether oxygens (including phenoxy) is 3. The van der Waals surface area contributed by atoms with Crippen molar-refractivity contribution in [3.8, 4) is 17.2 Å². The lowest BCUT2D eigenvalue weighted by molar-refractivity contribution is -0.136. The molecule has 7 nitrogen and oxygen atoms in total. The van der Waals surface area contributed by atoms with Crippen molar-refractivity contribution in [1.82, 2.24) is 5.32 Å². The van der Waals surface area contributed by atoms with Gasteiger partial charge in [0.1, 0.15) is 5.82 Å². The third kappa shape index (κ3) is 4.11. The van der Waals surface area contributed by atoms with Crippen molar-refractivity contribution >= 4 is 40.6 Å². The highest BCUT2D eigenvalue weighted by atomic mass is 35.5. The number of thiocarbonyl (C=S) groups is 1. The number of hydrogen-bond donors (Lipinski definition) is 2. The van der Waals surface area contributed by atoms with Crippen molar-refractivity contribution in [3.63, 3.8) is 0 Å². The van der Waals surface area contributed by atoms with E-state index in [-0.39, 0.29) is 33.0 Å². The van der Waals surface area contributed by atoms with Crippen LogP contribution in [0.1, 0.15) is 18.5 Å². The van der Waals surface area contributed by atoms with Crippen molar-refractivity contribution in [2.24, 2.45) is 0 Å². The Balaban J connectivity index is 2.19. The highest BCUT2D eigenvalue weighted by molar-refractivity contribution is 7.80. The maximum Gasteiger partial charge on any atom is 0.337 e. The Morgan fingerprint density at radius 1 is 1.19 bits per heavy atom. The van der Waals surface area contributed by atoms with Gasteiger partial charge in [0.05, 0.1) is 38.0 Å². The van der Waals surface area contributed by atoms with Crippen molar-refractivity contribution in [1.29, 1.82) is 0 Å². The van der Waals surface area contributed by atoms with Crippen LogP contribution in [0.25, 0.3) is 0 Å². The molecule has 164 valence electrons. The molecule has 0 unspecified atom stereocenters. The maximum atomic E-state index is 13.6. The minimum absolute atomic E-state index is 0.0807. The number of carbonyl (C=O) groups excluding carboxylic acids is 1. The number of nitrogens with one attached hydrogen (secondary N) is 1. The summed E-state index contributed by atoms with van der Waals surface area (Å²) in [5.41, 5.74) is 1.74. The average Bonchev–Trinajstić information content (AvgIpc) is 2.75. The van der Waals surface area contributed by atoms with Gasteiger partial charge < -0.3 is 24.6 Å². The molecule has 0 fully saturated rings. The standard InChI is InChI=1S/C21H20ClFN2O5S/c1-10-17(20(27)30-4)18(11-7-15(28-2)19(26)16(8-11)29-3)24-21(31)25(10)12-5-6-14(23)13(22)9-12/h5-9,18,26H,1-4H3,(H,24,31)/t18-/m0/s1. The molecule has 0 radical (unpaired) electrons. The summed E-state index contributed by atoms with van der Waals surface area (Å²) in [4.78, 5) is 14.3. The second kappa shape index (κ2) is 8.99. The first-order valence-corrected chi connectivity index (χ1v) is 9.81. The second-order valence-corrected chi connectivity index (χ2v) is 7.37. The molecule has 1 aliphatic heterocycles. The van der Waals surface area contributed by atoms with Gasteiger partial charge in [0.2, 0.25) is 5.75 Å². The Bertz CT molecular complexity index is 1070. The number of anilines is 1. The van der Waals surface area contributed by atoms with Gasteiger partial charge in [0, 0.05) is 11.4 Å². The van der Waals surface area contributed by atoms with Crippen LogP contribution in [-0.4, -0.2) is 37.5 Å². The zero-order valence-electron chi connectivity index (χ0n) is 17.2. The average molecular weight is 467 g/mol. The smallest absolute Gasteiger partial charge is 0.337 e. The molecule has 0 spiro atoms. The van der Waals surface area contributed by atoms with Crippen LogP contribution in [-0.2, 0) is 9.53 Å². The van der Waals surface area contributed by atoms with Crippen LogP contribution in [0.2, 0.25) is 5.02 Å². The predicted octanol–water partition coefficient (Wildman–Crippen LogP) is 4.08. The number of allylic oxidation sites excluding steroid dienone is 1. The molecule has 3 rings (SSSR count). The fourth-order valence-electron chi connectivity index (χ4n) is 3.38. The van der Waals surface area contributed by atoms with Crippen molar-refractivity contribution < 1.29 is 28.5 Å². The van der Waals surface area contributed by atoms with Crippen molar-refractivity contribution in [2.75, 3.05) is 26.2 Å². The molecule has 1 atom stereocenters. The van der Waals surface area contributed by atoms with E-state index in [9.17, 15) is 14.3 Å². The topological polar surface area (TPSA) is 80.3 Å². The fraction of sp³-hybridized carbons (Fsp3) is 0.238. The van der Waals surface area contributed by atoms with E-state index in [1.54, 1.807) is 24.0 Å². The molecule has 0 aliphatic carbocycles. The van der Waals surface area contributed by atoms with E-state index in [0.717, 1.165) is 0 Å². The summed E-state index contributed by atoms with van der Waals surface area (Å²) in [6, 6.07) is 6.54. The van der Waals surface area contributed by atoms with Gasteiger partial charge >= 0.3 is 5.97 Å². The van der Waals surface area contributed by atoms with Crippen molar-refractivity contribution in [2.45, 2.75) is 13.0 Å². The minimum Gasteiger partial charge on any atom is -0.502 e. The van der Waals surface area contributed by atoms with Gasteiger partial charge in [-0.25, -0.2) is 9.18 Å². The van der Waals surface area contributed by atoms with Crippen LogP contribution in [0.4, 0.5) is 10.1 Å². The first-order chi connectivity index (χ1) is 14.7. The molecule has 0 saturated carbocycles. The Hall–Kier alpha value is -3.04. The number of carbonyl (C=O) groups is 1. The number of aromatic hydroxyl groups is 1. The first kappa shape index (κ1) is 22.6. The number of phenolic OH excluding ortho intramolecular Hbond substituents is 1. The molecule has 1 heterocycles. The summed E-state index contributed by atoms with van der Waals surface area (Å²) in [6.07, 6.45) is 0. The Morgan fingerprint density at radius 3 is 2.32 bits per heavy atom. The lowest BCUT2D eigenvalue weighted by Gasteiger charge is -2.37. The van der Waals surface area contributed by atoms with Crippen LogP contribution < -0.4 is 19.7 Å². The van der Waals surface area contributed by atoms with Crippen LogP contribution in [0.5, 0.6) is 17.2 Å². The Labute approximate surface area is 189 Å². The fourth-order valence-corrected chi connectivity index (χ4v) is 3.92. The summed E-state index contributed by atoms with van der Waals surface area (Å²) in [7, 11) is 4.07. The van der Waals surface area contributed by atoms with Crippen LogP contribution >= 0.6 is 23.8 Å². The van der Waals surface area contributed by atoms with E-state index in [0.29, 0.717) is 16.9 Å². The lowest BCUT2D eigenvalue weighted by Crippen LogP contribution is -2.48. The zero-order chi connectivity index (χ0) is 22.9. The summed E-state index contributed by atoms with van der Waals surface area (Å²) < 4.78 is 29.1. The van der Waals surface area contributed by atoms with Crippen LogP contribution in [0.3, 0.4) is 0 Å². The number of methoxy groups -OCH3 is 3. The lowest BCUT2D eigenvalue weighted by atomic mass is 9.94. The molecule has 2 aromatic rings. The molecular formula is C21H20ClFN2O5S. The van der Waals surface area contributed by atoms with E-state index < -0.39 is 17.8 Å². The second-order valence-electron chi connectivity index (χ2n) is 6.58. The SMILES string of the molecule is COC(=O)C1=C(C)N(c2ccc(F)c(Cl)c2)C(=S)N[C@H]1c1cc(OC)c(O)c(OC)c1. The summed E-state index contributed by atoms with van der Waals surface area (Å²) >= 11 is 11.5. The van der Waals surface area contributed by atoms with Gasteiger partial charge in [-0.1, -0.05) is 11.6 Å². The van der Waals surface area contributed by atoms with Gasteiger partial charge in [0.25, 0.3) is 0 Å².